The van der Waals surface area contributed by atoms with E-state index in [-0.39, 0.29) is 0 Å². The minimum atomic E-state index is -4.72. The van der Waals surface area contributed by atoms with E-state index in [9.17, 15) is 14.0 Å². The van der Waals surface area contributed by atoms with Gasteiger partial charge in [-0.25, -0.2) is 0 Å². The molecule has 6 nitrogen and oxygen atoms in total. The molecule has 148 valence electrons. The maximum atomic E-state index is 11.8. The molecular formula is C20H19ClO6S. The molecule has 28 heavy (non-hydrogen) atoms. The molecule has 0 aromatic heterocycles. The highest BCUT2D eigenvalue weighted by molar-refractivity contribution is 8.29. The Kier molecular flexibility index (Phi) is 6.14. The van der Waals surface area contributed by atoms with E-state index in [1.54, 1.807) is 78.9 Å². The summed E-state index contributed by atoms with van der Waals surface area (Å²) in [5, 5.41) is 0. The standard InChI is InChI=1S/C20H19ClO6S/c1-25-16-8-12-19(13-9-16)28(27-21(22,23)24,18-6-4-3-5-7-18)20-14-10-17(26-2)11-15-20/h3-15H,1-2H3. The molecule has 3 aromatic rings. The highest BCUT2D eigenvalue weighted by Crippen LogP contribution is 2.70. The van der Waals surface area contributed by atoms with Crippen LogP contribution in [-0.2, 0) is 3.74 Å². The van der Waals surface area contributed by atoms with Crippen LogP contribution >= 0.6 is 10.3 Å². The van der Waals surface area contributed by atoms with Crippen molar-refractivity contribution in [2.45, 2.75) is 14.7 Å². The lowest BCUT2D eigenvalue weighted by Gasteiger charge is -2.34. The number of hydrogen-bond acceptors (Lipinski definition) is 6. The molecular weight excluding hydrogens is 404 g/mol. The Morgan fingerprint density at radius 3 is 1.36 bits per heavy atom. The second-order valence-corrected chi connectivity index (χ2v) is 9.45. The number of benzene rings is 3. The zero-order valence-corrected chi connectivity index (χ0v) is 16.8. The van der Waals surface area contributed by atoms with Gasteiger partial charge in [-0.05, 0) is 60.7 Å². The average Bonchev–Trinajstić information content (AvgIpc) is 2.72. The number of halogens is 1. The van der Waals surface area contributed by atoms with Crippen LogP contribution in [0.5, 0.6) is 11.5 Å². The van der Waals surface area contributed by atoms with Crippen LogP contribution in [0.2, 0.25) is 0 Å². The van der Waals surface area contributed by atoms with Crippen LogP contribution < -0.4 is 23.5 Å². The van der Waals surface area contributed by atoms with Gasteiger partial charge in [0.1, 0.15) is 15.2 Å². The van der Waals surface area contributed by atoms with E-state index in [4.69, 9.17) is 13.2 Å². The van der Waals surface area contributed by atoms with Crippen molar-refractivity contribution >= 4 is 10.3 Å². The fraction of sp³-hybridized carbons (Fsp3) is 0.100. The predicted molar refractivity (Wildman–Crippen MR) is 95.9 cm³/mol. The third kappa shape index (κ3) is 4.25. The number of rotatable bonds is 7. The molecule has 0 amide bonds. The third-order valence-electron chi connectivity index (χ3n) is 4.03. The summed E-state index contributed by atoms with van der Waals surface area (Å²) >= 11 is 0. The van der Waals surface area contributed by atoms with Gasteiger partial charge in [0.25, 0.3) is 0 Å². The van der Waals surface area contributed by atoms with Crippen LogP contribution in [0.25, 0.3) is 0 Å². The van der Waals surface area contributed by atoms with Gasteiger partial charge in [-0.3, -0.25) is 0 Å². The fourth-order valence-corrected chi connectivity index (χ4v) is 6.97. The first-order chi connectivity index (χ1) is 13.4. The summed E-state index contributed by atoms with van der Waals surface area (Å²) in [6.07, 6.45) is 0. The highest BCUT2D eigenvalue weighted by Gasteiger charge is 2.46. The second kappa shape index (κ2) is 8.40. The maximum Gasteiger partial charge on any atom is 0.134 e. The molecule has 0 aliphatic carbocycles. The van der Waals surface area contributed by atoms with Gasteiger partial charge in [0.15, 0.2) is 0 Å². The van der Waals surface area contributed by atoms with Crippen molar-refractivity contribution in [1.82, 2.24) is 0 Å². The van der Waals surface area contributed by atoms with Gasteiger partial charge in [-0.15, -0.1) is 0 Å². The molecule has 0 atom stereocenters. The molecule has 0 saturated carbocycles. The van der Waals surface area contributed by atoms with Gasteiger partial charge in [0.2, 0.25) is 0 Å². The van der Waals surface area contributed by atoms with Crippen molar-refractivity contribution in [3.05, 3.63) is 78.9 Å². The molecule has 0 radical (unpaired) electrons. The summed E-state index contributed by atoms with van der Waals surface area (Å²) in [4.78, 5) is 1.64. The zero-order valence-electron chi connectivity index (χ0n) is 15.2. The van der Waals surface area contributed by atoms with Crippen LogP contribution in [0.1, 0.15) is 0 Å². The fourth-order valence-electron chi connectivity index (χ4n) is 2.78. The maximum absolute atomic E-state index is 11.8. The largest absolute Gasteiger partial charge is 0.497 e. The number of methoxy groups -OCH3 is 2. The highest BCUT2D eigenvalue weighted by atomic mass is 35.7. The van der Waals surface area contributed by atoms with E-state index in [1.165, 1.54) is 14.2 Å². The van der Waals surface area contributed by atoms with Crippen molar-refractivity contribution in [1.29, 1.82) is 0 Å². The lowest BCUT2D eigenvalue weighted by atomic mass is 10.3. The summed E-state index contributed by atoms with van der Waals surface area (Å²) < 4.78 is 51.0. The Labute approximate surface area is 167 Å². The molecule has 0 aliphatic rings. The first-order valence-electron chi connectivity index (χ1n) is 8.17. The van der Waals surface area contributed by atoms with Crippen molar-refractivity contribution in [3.63, 3.8) is 0 Å². The molecule has 0 bridgehead atoms. The first-order valence-corrected chi connectivity index (χ1v) is 11.0. The van der Waals surface area contributed by atoms with E-state index in [0.717, 1.165) is 0 Å². The molecule has 3 rings (SSSR count). The Morgan fingerprint density at radius 2 is 1.00 bits per heavy atom. The lowest BCUT2D eigenvalue weighted by molar-refractivity contribution is -1.91. The Balaban J connectivity index is 2.29. The Bertz CT molecular complexity index is 847. The van der Waals surface area contributed by atoms with Gasteiger partial charge < -0.3 is 9.47 Å². The molecule has 0 aliphatic heterocycles. The topological polar surface area (TPSA) is 96.9 Å². The van der Waals surface area contributed by atoms with Gasteiger partial charge in [-0.1, -0.05) is 18.2 Å². The van der Waals surface area contributed by atoms with Gasteiger partial charge in [0, 0.05) is 14.7 Å². The minimum Gasteiger partial charge on any atom is -0.497 e. The van der Waals surface area contributed by atoms with Crippen molar-refractivity contribution in [3.8, 4) is 11.5 Å². The summed E-state index contributed by atoms with van der Waals surface area (Å²) in [6.45, 7) is 0. The van der Waals surface area contributed by atoms with Crippen LogP contribution in [0.15, 0.2) is 93.5 Å². The second-order valence-electron chi connectivity index (χ2n) is 5.66. The van der Waals surface area contributed by atoms with Crippen molar-refractivity contribution < 1.29 is 37.4 Å². The first kappa shape index (κ1) is 20.5. The number of ether oxygens (including phenoxy) is 2. The van der Waals surface area contributed by atoms with E-state index in [1.807, 2.05) is 0 Å². The molecule has 0 spiro atoms. The summed E-state index contributed by atoms with van der Waals surface area (Å²) in [5.74, 6) is 1.20. The van der Waals surface area contributed by atoms with Crippen LogP contribution in [-0.4, -0.2) is 14.2 Å². The summed E-state index contributed by atoms with van der Waals surface area (Å²) in [5.41, 5.74) is 0. The monoisotopic (exact) mass is 422 g/mol. The van der Waals surface area contributed by atoms with Gasteiger partial charge in [0.05, 0.1) is 34.8 Å². The van der Waals surface area contributed by atoms with E-state index in [0.29, 0.717) is 26.2 Å². The molecule has 0 unspecified atom stereocenters. The third-order valence-corrected chi connectivity index (χ3v) is 8.21. The quantitative estimate of drug-likeness (QED) is 0.576. The normalized spacial score (nSPS) is 12.5. The lowest BCUT2D eigenvalue weighted by Crippen LogP contribution is -2.61. The zero-order chi connectivity index (χ0) is 20.2. The van der Waals surface area contributed by atoms with Crippen LogP contribution in [0, 0.1) is 10.2 Å². The van der Waals surface area contributed by atoms with Crippen molar-refractivity contribution in [2.24, 2.45) is 0 Å². The van der Waals surface area contributed by atoms with E-state index < -0.39 is 20.6 Å². The minimum absolute atomic E-state index is 0.539. The van der Waals surface area contributed by atoms with Gasteiger partial charge >= 0.3 is 0 Å². The Morgan fingerprint density at radius 1 is 0.607 bits per heavy atom. The molecule has 3 aromatic carbocycles. The van der Waals surface area contributed by atoms with E-state index in [2.05, 4.69) is 0 Å². The Hall–Kier alpha value is -2.26. The molecule has 8 heteroatoms. The number of hydrogen-bond donors (Lipinski definition) is 0. The molecule has 0 fully saturated rings. The van der Waals surface area contributed by atoms with Crippen LogP contribution in [0.4, 0.5) is 0 Å². The summed E-state index contributed by atoms with van der Waals surface area (Å²) in [6, 6.07) is 22.4. The smallest absolute Gasteiger partial charge is 0.134 e. The SMILES string of the molecule is COc1ccc(S(O[Cl+3]([O-])([O-])[O-])(c2ccccc2)c2ccc(OC)cc2)cc1. The molecule has 0 saturated heterocycles. The van der Waals surface area contributed by atoms with Gasteiger partial charge in [-0.2, -0.15) is 14.0 Å². The predicted octanol–water partition coefficient (Wildman–Crippen LogP) is 1.81. The van der Waals surface area contributed by atoms with E-state index >= 15 is 0 Å². The molecule has 0 N–H and O–H groups in total. The summed E-state index contributed by atoms with van der Waals surface area (Å²) in [7, 11) is -4.51. The van der Waals surface area contributed by atoms with Crippen molar-refractivity contribution in [2.75, 3.05) is 14.2 Å². The van der Waals surface area contributed by atoms with Crippen LogP contribution in [0.3, 0.4) is 0 Å². The average molecular weight is 423 g/mol. The molecule has 0 heterocycles.